The summed E-state index contributed by atoms with van der Waals surface area (Å²) in [5.74, 6) is -0.779. The number of urea groups is 1. The highest BCUT2D eigenvalue weighted by Crippen LogP contribution is 2.31. The number of amides is 4. The number of imide groups is 1. The van der Waals surface area contributed by atoms with Crippen LogP contribution < -0.4 is 10.7 Å². The molecule has 0 spiro atoms. The van der Waals surface area contributed by atoms with Crippen LogP contribution in [0.5, 0.6) is 0 Å². The average molecular weight is 347 g/mol. The van der Waals surface area contributed by atoms with E-state index in [-0.39, 0.29) is 18.5 Å². The maximum Gasteiger partial charge on any atom is 0.344 e. The van der Waals surface area contributed by atoms with Crippen molar-refractivity contribution in [1.82, 2.24) is 25.2 Å². The monoisotopic (exact) mass is 347 g/mol. The molecule has 25 heavy (non-hydrogen) atoms. The van der Waals surface area contributed by atoms with E-state index in [2.05, 4.69) is 26.3 Å². The first-order valence-corrected chi connectivity index (χ1v) is 8.67. The minimum Gasteiger partial charge on any atom is -0.353 e. The Morgan fingerprint density at radius 3 is 2.80 bits per heavy atom. The highest BCUT2D eigenvalue weighted by atomic mass is 16.2. The van der Waals surface area contributed by atoms with Gasteiger partial charge < -0.3 is 9.88 Å². The van der Waals surface area contributed by atoms with E-state index in [0.717, 1.165) is 24.4 Å². The maximum absolute atomic E-state index is 12.4. The number of carbonyl (C=O) groups is 3. The van der Waals surface area contributed by atoms with E-state index in [9.17, 15) is 14.4 Å². The Morgan fingerprint density at radius 2 is 2.20 bits per heavy atom. The molecule has 2 aliphatic heterocycles. The molecule has 2 N–H and O–H groups in total. The molecule has 4 amide bonds. The van der Waals surface area contributed by atoms with Crippen molar-refractivity contribution < 1.29 is 14.4 Å². The van der Waals surface area contributed by atoms with Crippen molar-refractivity contribution in [3.8, 4) is 0 Å². The highest BCUT2D eigenvalue weighted by Gasteiger charge is 2.47. The summed E-state index contributed by atoms with van der Waals surface area (Å²) >= 11 is 0. The molecule has 1 aromatic rings. The second-order valence-electron chi connectivity index (χ2n) is 6.96. The molecule has 0 bridgehead atoms. The molecule has 8 heteroatoms. The van der Waals surface area contributed by atoms with Gasteiger partial charge >= 0.3 is 6.03 Å². The minimum atomic E-state index is -0.955. The zero-order valence-electron chi connectivity index (χ0n) is 14.9. The fourth-order valence-electron chi connectivity index (χ4n) is 3.54. The number of likely N-dealkylation sites (tertiary alicyclic amines) is 1. The van der Waals surface area contributed by atoms with Crippen LogP contribution in [0.15, 0.2) is 18.3 Å². The van der Waals surface area contributed by atoms with Crippen LogP contribution in [0.25, 0.3) is 0 Å². The lowest BCUT2D eigenvalue weighted by Gasteiger charge is -2.25. The van der Waals surface area contributed by atoms with Gasteiger partial charge in [0, 0.05) is 18.9 Å². The van der Waals surface area contributed by atoms with E-state index in [1.165, 1.54) is 5.69 Å². The maximum atomic E-state index is 12.4. The summed E-state index contributed by atoms with van der Waals surface area (Å²) in [5, 5.41) is 3.43. The molecule has 3 rings (SSSR count). The third-order valence-electron chi connectivity index (χ3n) is 5.24. The lowest BCUT2D eigenvalue weighted by atomic mass is 10.00. The van der Waals surface area contributed by atoms with Gasteiger partial charge in [-0.15, -0.1) is 0 Å². The third-order valence-corrected chi connectivity index (χ3v) is 5.24. The first-order chi connectivity index (χ1) is 11.9. The minimum absolute atomic E-state index is 0.149. The number of nitrogens with one attached hydrogen (secondary N) is 2. The van der Waals surface area contributed by atoms with Gasteiger partial charge in [-0.1, -0.05) is 6.92 Å². The van der Waals surface area contributed by atoms with Crippen molar-refractivity contribution in [2.75, 3.05) is 13.1 Å². The number of rotatable bonds is 5. The molecule has 2 fully saturated rings. The van der Waals surface area contributed by atoms with Gasteiger partial charge in [0.1, 0.15) is 5.54 Å². The molecule has 2 atom stereocenters. The van der Waals surface area contributed by atoms with Gasteiger partial charge in [0.2, 0.25) is 0 Å². The molecule has 2 unspecified atom stereocenters. The van der Waals surface area contributed by atoms with Gasteiger partial charge in [0.25, 0.3) is 11.8 Å². The number of hydrogen-bond acceptors (Lipinski definition) is 4. The normalized spacial score (nSPS) is 27.0. The van der Waals surface area contributed by atoms with Crippen LogP contribution in [0.3, 0.4) is 0 Å². The first-order valence-electron chi connectivity index (χ1n) is 8.67. The molecular formula is C17H25N5O3. The van der Waals surface area contributed by atoms with E-state index in [0.29, 0.717) is 6.42 Å². The molecule has 0 aromatic carbocycles. The predicted octanol–water partition coefficient (Wildman–Crippen LogP) is 0.914. The van der Waals surface area contributed by atoms with Crippen LogP contribution in [0, 0.1) is 0 Å². The summed E-state index contributed by atoms with van der Waals surface area (Å²) in [6.07, 6.45) is 4.46. The number of nitrogens with zero attached hydrogens (tertiary/aromatic N) is 3. The van der Waals surface area contributed by atoms with E-state index < -0.39 is 17.5 Å². The van der Waals surface area contributed by atoms with Crippen LogP contribution in [-0.2, 0) is 16.6 Å². The van der Waals surface area contributed by atoms with Crippen LogP contribution in [0.1, 0.15) is 44.8 Å². The molecule has 0 aliphatic carbocycles. The van der Waals surface area contributed by atoms with E-state index in [4.69, 9.17) is 0 Å². The van der Waals surface area contributed by atoms with E-state index in [1.807, 2.05) is 26.2 Å². The number of carbonyl (C=O) groups excluding carboxylic acids is 3. The van der Waals surface area contributed by atoms with E-state index in [1.54, 1.807) is 6.92 Å². The summed E-state index contributed by atoms with van der Waals surface area (Å²) in [5.41, 5.74) is 2.67. The molecule has 136 valence electrons. The molecule has 2 saturated heterocycles. The van der Waals surface area contributed by atoms with Crippen molar-refractivity contribution in [1.29, 1.82) is 0 Å². The van der Waals surface area contributed by atoms with Crippen LogP contribution in [0.2, 0.25) is 0 Å². The summed E-state index contributed by atoms with van der Waals surface area (Å²) in [6.45, 7) is 4.44. The second kappa shape index (κ2) is 6.51. The van der Waals surface area contributed by atoms with Crippen molar-refractivity contribution in [2.45, 2.75) is 44.7 Å². The smallest absolute Gasteiger partial charge is 0.344 e. The van der Waals surface area contributed by atoms with Gasteiger partial charge in [-0.05, 0) is 44.9 Å². The van der Waals surface area contributed by atoms with Crippen molar-refractivity contribution in [3.63, 3.8) is 0 Å². The van der Waals surface area contributed by atoms with Crippen LogP contribution >= 0.6 is 0 Å². The van der Waals surface area contributed by atoms with Crippen LogP contribution in [0.4, 0.5) is 4.79 Å². The summed E-state index contributed by atoms with van der Waals surface area (Å²) in [7, 11) is 1.99. The quantitative estimate of drug-likeness (QED) is 0.775. The molecule has 3 heterocycles. The number of hydrogen-bond donors (Lipinski definition) is 2. The third kappa shape index (κ3) is 3.13. The topological polar surface area (TPSA) is 86.7 Å². The standard InChI is InChI=1S/C17H25N5O3/c1-4-17(2)15(24)22(16(25)18-17)19-14(23)11-21-10-6-8-13(21)12-7-5-9-20(12)3/h5,7,9,13H,4,6,8,10-11H2,1-3H3,(H,18,25)(H,19,23). The Morgan fingerprint density at radius 1 is 1.44 bits per heavy atom. The molecule has 0 radical (unpaired) electrons. The fraction of sp³-hybridized carbons (Fsp3) is 0.588. The van der Waals surface area contributed by atoms with Gasteiger partial charge in [-0.2, -0.15) is 5.01 Å². The van der Waals surface area contributed by atoms with Crippen molar-refractivity contribution in [2.24, 2.45) is 7.05 Å². The van der Waals surface area contributed by atoms with Gasteiger partial charge in [-0.25, -0.2) is 4.79 Å². The molecule has 2 aliphatic rings. The van der Waals surface area contributed by atoms with Gasteiger partial charge in [0.05, 0.1) is 12.6 Å². The summed E-state index contributed by atoms with van der Waals surface area (Å²) < 4.78 is 2.06. The average Bonchev–Trinajstić information content (AvgIpc) is 3.24. The Bertz CT molecular complexity index is 700. The molecule has 1 aromatic heterocycles. The van der Waals surface area contributed by atoms with Crippen LogP contribution in [-0.4, -0.2) is 50.9 Å². The lowest BCUT2D eigenvalue weighted by molar-refractivity contribution is -0.139. The zero-order chi connectivity index (χ0) is 18.2. The molecule has 8 nitrogen and oxygen atoms in total. The van der Waals surface area contributed by atoms with E-state index >= 15 is 0 Å². The number of hydrazine groups is 1. The summed E-state index contributed by atoms with van der Waals surface area (Å²) in [4.78, 5) is 38.8. The Kier molecular flexibility index (Phi) is 4.55. The largest absolute Gasteiger partial charge is 0.353 e. The van der Waals surface area contributed by atoms with Gasteiger partial charge in [-0.3, -0.25) is 19.9 Å². The molecule has 0 saturated carbocycles. The summed E-state index contributed by atoms with van der Waals surface area (Å²) in [6, 6.07) is 3.65. The Hall–Kier alpha value is -2.35. The molecular weight excluding hydrogens is 322 g/mol. The van der Waals surface area contributed by atoms with Crippen molar-refractivity contribution in [3.05, 3.63) is 24.0 Å². The lowest BCUT2D eigenvalue weighted by Crippen LogP contribution is -2.51. The fourth-order valence-corrected chi connectivity index (χ4v) is 3.54. The highest BCUT2D eigenvalue weighted by molar-refractivity contribution is 6.07. The Labute approximate surface area is 147 Å². The first kappa shape index (κ1) is 17.5. The van der Waals surface area contributed by atoms with Gasteiger partial charge in [0.15, 0.2) is 0 Å². The Balaban J connectivity index is 1.64. The predicted molar refractivity (Wildman–Crippen MR) is 91.2 cm³/mol. The number of aryl methyl sites for hydroxylation is 1. The van der Waals surface area contributed by atoms with Crippen molar-refractivity contribution >= 4 is 17.8 Å². The number of aromatic nitrogens is 1. The zero-order valence-corrected chi connectivity index (χ0v) is 14.9. The second-order valence-corrected chi connectivity index (χ2v) is 6.96. The SMILES string of the molecule is CCC1(C)NC(=O)N(NC(=O)CN2CCCC2c2cccn2C)C1=O.